The van der Waals surface area contributed by atoms with E-state index in [4.69, 9.17) is 10.6 Å². The van der Waals surface area contributed by atoms with Crippen molar-refractivity contribution in [3.63, 3.8) is 0 Å². The van der Waals surface area contributed by atoms with E-state index >= 15 is 0 Å². The standard InChI is InChI=1S/C13H20N2O/c1-3-16-11-6-4-10(5-7-11)13(15-14)12-8-9(12)2/h4-7,9,12-13,15H,3,8,14H2,1-2H3. The maximum Gasteiger partial charge on any atom is 0.119 e. The van der Waals surface area contributed by atoms with Crippen LogP contribution in [-0.4, -0.2) is 6.61 Å². The van der Waals surface area contributed by atoms with E-state index in [-0.39, 0.29) is 6.04 Å². The van der Waals surface area contributed by atoms with Crippen LogP contribution in [0.1, 0.15) is 31.9 Å². The summed E-state index contributed by atoms with van der Waals surface area (Å²) in [6.07, 6.45) is 1.27. The number of benzene rings is 1. The summed E-state index contributed by atoms with van der Waals surface area (Å²) in [5, 5.41) is 0. The Morgan fingerprint density at radius 2 is 2.06 bits per heavy atom. The fourth-order valence-electron chi connectivity index (χ4n) is 2.22. The Morgan fingerprint density at radius 1 is 1.44 bits per heavy atom. The lowest BCUT2D eigenvalue weighted by atomic mass is 10.0. The monoisotopic (exact) mass is 220 g/mol. The zero-order valence-corrected chi connectivity index (χ0v) is 9.94. The van der Waals surface area contributed by atoms with E-state index in [1.807, 2.05) is 19.1 Å². The molecule has 1 aliphatic rings. The first-order valence-corrected chi connectivity index (χ1v) is 5.95. The molecular weight excluding hydrogens is 200 g/mol. The normalized spacial score (nSPS) is 25.2. The van der Waals surface area contributed by atoms with Crippen LogP contribution in [0.4, 0.5) is 0 Å². The molecule has 1 fully saturated rings. The molecule has 88 valence electrons. The van der Waals surface area contributed by atoms with E-state index in [1.54, 1.807) is 0 Å². The molecule has 1 aromatic rings. The maximum atomic E-state index is 5.62. The van der Waals surface area contributed by atoms with Gasteiger partial charge in [0.1, 0.15) is 5.75 Å². The fourth-order valence-corrected chi connectivity index (χ4v) is 2.22. The van der Waals surface area contributed by atoms with Crippen LogP contribution in [0.25, 0.3) is 0 Å². The van der Waals surface area contributed by atoms with Crippen molar-refractivity contribution in [3.8, 4) is 5.75 Å². The second kappa shape index (κ2) is 4.85. The summed E-state index contributed by atoms with van der Waals surface area (Å²) in [5.74, 6) is 8.01. The molecule has 16 heavy (non-hydrogen) atoms. The van der Waals surface area contributed by atoms with Crippen molar-refractivity contribution in [1.82, 2.24) is 5.43 Å². The Morgan fingerprint density at radius 3 is 2.50 bits per heavy atom. The van der Waals surface area contributed by atoms with Gasteiger partial charge in [0.05, 0.1) is 6.61 Å². The summed E-state index contributed by atoms with van der Waals surface area (Å²) in [6, 6.07) is 8.50. The Labute approximate surface area is 97.0 Å². The quantitative estimate of drug-likeness (QED) is 0.591. The van der Waals surface area contributed by atoms with Gasteiger partial charge in [-0.3, -0.25) is 11.3 Å². The fraction of sp³-hybridized carbons (Fsp3) is 0.538. The third-order valence-corrected chi connectivity index (χ3v) is 3.33. The first-order chi connectivity index (χ1) is 7.76. The first kappa shape index (κ1) is 11.4. The lowest BCUT2D eigenvalue weighted by Gasteiger charge is -2.16. The average molecular weight is 220 g/mol. The van der Waals surface area contributed by atoms with Gasteiger partial charge in [0.25, 0.3) is 0 Å². The number of rotatable bonds is 5. The van der Waals surface area contributed by atoms with Gasteiger partial charge >= 0.3 is 0 Å². The molecule has 0 saturated heterocycles. The van der Waals surface area contributed by atoms with E-state index in [1.165, 1.54) is 12.0 Å². The van der Waals surface area contributed by atoms with Crippen molar-refractivity contribution in [2.75, 3.05) is 6.61 Å². The Bertz CT molecular complexity index is 336. The topological polar surface area (TPSA) is 47.3 Å². The predicted molar refractivity (Wildman–Crippen MR) is 64.9 cm³/mol. The van der Waals surface area contributed by atoms with Crippen molar-refractivity contribution >= 4 is 0 Å². The molecule has 0 amide bonds. The van der Waals surface area contributed by atoms with Gasteiger partial charge in [-0.05, 0) is 42.9 Å². The zero-order chi connectivity index (χ0) is 11.5. The minimum Gasteiger partial charge on any atom is -0.494 e. The molecule has 1 aliphatic carbocycles. The van der Waals surface area contributed by atoms with E-state index in [9.17, 15) is 0 Å². The van der Waals surface area contributed by atoms with Crippen LogP contribution in [0, 0.1) is 11.8 Å². The highest BCUT2D eigenvalue weighted by Crippen LogP contribution is 2.46. The lowest BCUT2D eigenvalue weighted by Crippen LogP contribution is -2.29. The van der Waals surface area contributed by atoms with Crippen LogP contribution >= 0.6 is 0 Å². The van der Waals surface area contributed by atoms with E-state index in [0.29, 0.717) is 12.5 Å². The molecule has 0 aromatic heterocycles. The Kier molecular flexibility index (Phi) is 3.46. The smallest absolute Gasteiger partial charge is 0.119 e. The minimum atomic E-state index is 0.283. The summed E-state index contributed by atoms with van der Waals surface area (Å²) in [7, 11) is 0. The van der Waals surface area contributed by atoms with Gasteiger partial charge in [0.2, 0.25) is 0 Å². The molecule has 3 nitrogen and oxygen atoms in total. The van der Waals surface area contributed by atoms with Gasteiger partial charge in [-0.2, -0.15) is 0 Å². The third kappa shape index (κ3) is 2.36. The SMILES string of the molecule is CCOc1ccc(C(NN)C2CC2C)cc1. The zero-order valence-electron chi connectivity index (χ0n) is 9.94. The number of ether oxygens (including phenoxy) is 1. The molecule has 2 rings (SSSR count). The number of hydrazine groups is 1. The van der Waals surface area contributed by atoms with Crippen molar-refractivity contribution < 1.29 is 4.74 Å². The Balaban J connectivity index is 2.07. The molecule has 0 aliphatic heterocycles. The van der Waals surface area contributed by atoms with Crippen LogP contribution in [0.2, 0.25) is 0 Å². The van der Waals surface area contributed by atoms with Gasteiger partial charge in [-0.15, -0.1) is 0 Å². The highest BCUT2D eigenvalue weighted by molar-refractivity contribution is 5.30. The highest BCUT2D eigenvalue weighted by Gasteiger charge is 2.39. The largest absolute Gasteiger partial charge is 0.494 e. The molecule has 3 unspecified atom stereocenters. The predicted octanol–water partition coefficient (Wildman–Crippen LogP) is 2.25. The number of hydrogen-bond acceptors (Lipinski definition) is 3. The molecule has 1 aromatic carbocycles. The van der Waals surface area contributed by atoms with Gasteiger partial charge in [-0.25, -0.2) is 0 Å². The van der Waals surface area contributed by atoms with Gasteiger partial charge < -0.3 is 4.74 Å². The van der Waals surface area contributed by atoms with E-state index in [2.05, 4.69) is 24.5 Å². The third-order valence-electron chi connectivity index (χ3n) is 3.33. The second-order valence-corrected chi connectivity index (χ2v) is 4.52. The summed E-state index contributed by atoms with van der Waals surface area (Å²) < 4.78 is 5.42. The Hall–Kier alpha value is -1.06. The van der Waals surface area contributed by atoms with Crippen molar-refractivity contribution in [2.24, 2.45) is 17.7 Å². The van der Waals surface area contributed by atoms with Crippen LogP contribution in [0.5, 0.6) is 5.75 Å². The van der Waals surface area contributed by atoms with E-state index in [0.717, 1.165) is 11.7 Å². The van der Waals surface area contributed by atoms with E-state index < -0.39 is 0 Å². The number of nitrogens with one attached hydrogen (secondary N) is 1. The second-order valence-electron chi connectivity index (χ2n) is 4.52. The molecule has 1 saturated carbocycles. The highest BCUT2D eigenvalue weighted by atomic mass is 16.5. The van der Waals surface area contributed by atoms with Crippen molar-refractivity contribution in [1.29, 1.82) is 0 Å². The summed E-state index contributed by atoms with van der Waals surface area (Å²) in [5.41, 5.74) is 4.17. The molecule has 0 spiro atoms. The molecule has 0 bridgehead atoms. The van der Waals surface area contributed by atoms with Gasteiger partial charge in [0.15, 0.2) is 0 Å². The van der Waals surface area contributed by atoms with Crippen LogP contribution in [0.15, 0.2) is 24.3 Å². The average Bonchev–Trinajstić information content (AvgIpc) is 3.00. The van der Waals surface area contributed by atoms with Crippen LogP contribution in [0.3, 0.4) is 0 Å². The minimum absolute atomic E-state index is 0.283. The molecule has 0 heterocycles. The van der Waals surface area contributed by atoms with Crippen LogP contribution < -0.4 is 16.0 Å². The molecular formula is C13H20N2O. The summed E-state index contributed by atoms with van der Waals surface area (Å²) in [6.45, 7) is 4.96. The van der Waals surface area contributed by atoms with Crippen molar-refractivity contribution in [2.45, 2.75) is 26.3 Å². The summed E-state index contributed by atoms with van der Waals surface area (Å²) >= 11 is 0. The first-order valence-electron chi connectivity index (χ1n) is 5.95. The number of nitrogens with two attached hydrogens (primary N) is 1. The number of hydrogen-bond donors (Lipinski definition) is 2. The van der Waals surface area contributed by atoms with Crippen LogP contribution in [-0.2, 0) is 0 Å². The van der Waals surface area contributed by atoms with Gasteiger partial charge in [0, 0.05) is 6.04 Å². The lowest BCUT2D eigenvalue weighted by molar-refractivity contribution is 0.340. The molecule has 3 heteroatoms. The maximum absolute atomic E-state index is 5.62. The molecule has 0 radical (unpaired) electrons. The molecule has 3 atom stereocenters. The van der Waals surface area contributed by atoms with Gasteiger partial charge in [-0.1, -0.05) is 19.1 Å². The molecule has 3 N–H and O–H groups in total. The van der Waals surface area contributed by atoms with Crippen molar-refractivity contribution in [3.05, 3.63) is 29.8 Å². The summed E-state index contributed by atoms with van der Waals surface area (Å²) in [4.78, 5) is 0.